The van der Waals surface area contributed by atoms with E-state index in [4.69, 9.17) is 11.6 Å². The fourth-order valence-electron chi connectivity index (χ4n) is 2.97. The van der Waals surface area contributed by atoms with Gasteiger partial charge in [0, 0.05) is 44.3 Å². The topological polar surface area (TPSA) is 57.2 Å². The van der Waals surface area contributed by atoms with Gasteiger partial charge in [0.05, 0.1) is 5.02 Å². The lowest BCUT2D eigenvalue weighted by atomic mass is 10.3. The summed E-state index contributed by atoms with van der Waals surface area (Å²) in [5, 5.41) is 3.21. The van der Waals surface area contributed by atoms with Crippen LogP contribution in [0.3, 0.4) is 0 Å². The summed E-state index contributed by atoms with van der Waals surface area (Å²) < 4.78 is 13.3. The summed E-state index contributed by atoms with van der Waals surface area (Å²) in [6, 6.07) is 12.2. The smallest absolute Gasteiger partial charge is 0.227 e. The van der Waals surface area contributed by atoms with Crippen molar-refractivity contribution in [1.29, 1.82) is 0 Å². The molecule has 1 aromatic carbocycles. The third kappa shape index (κ3) is 4.09. The van der Waals surface area contributed by atoms with E-state index in [0.717, 1.165) is 32.0 Å². The van der Waals surface area contributed by atoms with Gasteiger partial charge in [-0.3, -0.25) is 0 Å². The number of nitrogens with zero attached hydrogens (tertiary/aromatic N) is 5. The lowest BCUT2D eigenvalue weighted by Gasteiger charge is -2.35. The summed E-state index contributed by atoms with van der Waals surface area (Å²) in [7, 11) is 0. The molecule has 4 rings (SSSR count). The Labute approximate surface area is 161 Å². The van der Waals surface area contributed by atoms with Crippen molar-refractivity contribution in [2.75, 3.05) is 41.3 Å². The summed E-state index contributed by atoms with van der Waals surface area (Å²) in [4.78, 5) is 17.8. The van der Waals surface area contributed by atoms with Crippen LogP contribution in [-0.4, -0.2) is 41.1 Å². The normalized spacial score (nSPS) is 14.3. The molecular formula is C19H18ClFN6. The molecule has 0 saturated carbocycles. The first-order chi connectivity index (χ1) is 13.2. The molecule has 8 heteroatoms. The van der Waals surface area contributed by atoms with Gasteiger partial charge in [-0.05, 0) is 36.4 Å². The van der Waals surface area contributed by atoms with E-state index < -0.39 is 5.82 Å². The second-order valence-electron chi connectivity index (χ2n) is 6.16. The Bertz CT molecular complexity index is 915. The van der Waals surface area contributed by atoms with Gasteiger partial charge >= 0.3 is 0 Å². The number of aromatic nitrogens is 3. The highest BCUT2D eigenvalue weighted by Crippen LogP contribution is 2.23. The van der Waals surface area contributed by atoms with Crippen LogP contribution in [-0.2, 0) is 0 Å². The third-order valence-corrected chi connectivity index (χ3v) is 4.66. The highest BCUT2D eigenvalue weighted by atomic mass is 35.5. The van der Waals surface area contributed by atoms with E-state index in [1.165, 1.54) is 12.1 Å². The van der Waals surface area contributed by atoms with Crippen molar-refractivity contribution in [2.45, 2.75) is 0 Å². The highest BCUT2D eigenvalue weighted by molar-refractivity contribution is 6.31. The molecule has 0 amide bonds. The van der Waals surface area contributed by atoms with Gasteiger partial charge in [-0.15, -0.1) is 0 Å². The fourth-order valence-corrected chi connectivity index (χ4v) is 3.15. The Morgan fingerprint density at radius 2 is 1.74 bits per heavy atom. The molecule has 138 valence electrons. The Balaban J connectivity index is 1.43. The first kappa shape index (κ1) is 17.5. The Morgan fingerprint density at radius 3 is 2.48 bits per heavy atom. The number of hydrogen-bond acceptors (Lipinski definition) is 6. The van der Waals surface area contributed by atoms with Gasteiger partial charge in [-0.2, -0.15) is 4.98 Å². The zero-order valence-corrected chi connectivity index (χ0v) is 15.3. The van der Waals surface area contributed by atoms with Crippen molar-refractivity contribution in [3.8, 4) is 0 Å². The van der Waals surface area contributed by atoms with Crippen LogP contribution >= 0.6 is 11.6 Å². The number of nitrogens with one attached hydrogen (secondary N) is 1. The van der Waals surface area contributed by atoms with E-state index in [1.54, 1.807) is 18.3 Å². The van der Waals surface area contributed by atoms with Crippen LogP contribution in [0.1, 0.15) is 0 Å². The number of benzene rings is 1. The van der Waals surface area contributed by atoms with Crippen molar-refractivity contribution in [1.82, 2.24) is 15.0 Å². The van der Waals surface area contributed by atoms with Crippen LogP contribution in [0.5, 0.6) is 0 Å². The van der Waals surface area contributed by atoms with Crippen molar-refractivity contribution >= 4 is 34.9 Å². The minimum Gasteiger partial charge on any atom is -0.353 e. The number of piperazine rings is 1. The summed E-state index contributed by atoms with van der Waals surface area (Å²) in [6.07, 6.45) is 3.52. The Hall–Kier alpha value is -2.93. The average molecular weight is 385 g/mol. The van der Waals surface area contributed by atoms with Crippen LogP contribution < -0.4 is 15.1 Å². The molecule has 2 aromatic heterocycles. The number of hydrogen-bond donors (Lipinski definition) is 1. The predicted octanol–water partition coefficient (Wildman–Crippen LogP) is 3.73. The van der Waals surface area contributed by atoms with E-state index in [-0.39, 0.29) is 5.02 Å². The summed E-state index contributed by atoms with van der Waals surface area (Å²) >= 11 is 5.83. The first-order valence-electron chi connectivity index (χ1n) is 8.65. The van der Waals surface area contributed by atoms with Crippen LogP contribution in [0.2, 0.25) is 5.02 Å². The molecule has 1 saturated heterocycles. The minimum absolute atomic E-state index is 0.0694. The molecule has 1 fully saturated rings. The number of halogens is 2. The maximum Gasteiger partial charge on any atom is 0.227 e. The molecule has 0 unspecified atom stereocenters. The molecule has 0 bridgehead atoms. The summed E-state index contributed by atoms with van der Waals surface area (Å²) in [5.74, 6) is 1.83. The second-order valence-corrected chi connectivity index (χ2v) is 6.57. The molecule has 3 heterocycles. The van der Waals surface area contributed by atoms with Gasteiger partial charge in [0.25, 0.3) is 0 Å². The quantitative estimate of drug-likeness (QED) is 0.739. The molecular weight excluding hydrogens is 367 g/mol. The number of pyridine rings is 1. The molecule has 27 heavy (non-hydrogen) atoms. The fraction of sp³-hybridized carbons (Fsp3) is 0.211. The monoisotopic (exact) mass is 384 g/mol. The maximum atomic E-state index is 13.3. The molecule has 0 radical (unpaired) electrons. The predicted molar refractivity (Wildman–Crippen MR) is 105 cm³/mol. The summed E-state index contributed by atoms with van der Waals surface area (Å²) in [5.41, 5.74) is 0.672. The molecule has 1 N–H and O–H groups in total. The minimum atomic E-state index is -0.448. The average Bonchev–Trinajstić information content (AvgIpc) is 2.72. The van der Waals surface area contributed by atoms with E-state index in [9.17, 15) is 4.39 Å². The largest absolute Gasteiger partial charge is 0.353 e. The Kier molecular flexibility index (Phi) is 5.02. The second kappa shape index (κ2) is 7.75. The molecule has 3 aromatic rings. The van der Waals surface area contributed by atoms with Gasteiger partial charge in [-0.1, -0.05) is 17.7 Å². The summed E-state index contributed by atoms with van der Waals surface area (Å²) in [6.45, 7) is 3.32. The van der Waals surface area contributed by atoms with Gasteiger partial charge in [0.2, 0.25) is 5.95 Å². The molecule has 0 spiro atoms. The Morgan fingerprint density at radius 1 is 0.926 bits per heavy atom. The SMILES string of the molecule is Fc1ccc(Nc2ccnc(N3CCN(c4ccccn4)CC3)n2)cc1Cl. The molecule has 1 aliphatic heterocycles. The molecule has 0 aliphatic carbocycles. The van der Waals surface area contributed by atoms with Crippen LogP contribution in [0.25, 0.3) is 0 Å². The van der Waals surface area contributed by atoms with Crippen LogP contribution in [0.15, 0.2) is 54.9 Å². The first-order valence-corrected chi connectivity index (χ1v) is 9.03. The molecule has 1 aliphatic rings. The lowest BCUT2D eigenvalue weighted by molar-refractivity contribution is 0.628. The van der Waals surface area contributed by atoms with E-state index in [1.807, 2.05) is 24.4 Å². The third-order valence-electron chi connectivity index (χ3n) is 4.37. The van der Waals surface area contributed by atoms with Gasteiger partial charge < -0.3 is 15.1 Å². The van der Waals surface area contributed by atoms with Crippen molar-refractivity contribution < 1.29 is 4.39 Å². The zero-order valence-electron chi connectivity index (χ0n) is 14.5. The van der Waals surface area contributed by atoms with E-state index in [0.29, 0.717) is 17.5 Å². The van der Waals surface area contributed by atoms with E-state index in [2.05, 4.69) is 30.1 Å². The molecule has 0 atom stereocenters. The standard InChI is InChI=1S/C19H18ClFN6/c20-15-13-14(4-5-16(15)21)24-17-6-8-23-19(25-17)27-11-9-26(10-12-27)18-3-1-2-7-22-18/h1-8,13H,9-12H2,(H,23,24,25). The van der Waals surface area contributed by atoms with Gasteiger partial charge in [0.15, 0.2) is 0 Å². The van der Waals surface area contributed by atoms with E-state index >= 15 is 0 Å². The molecule has 6 nitrogen and oxygen atoms in total. The lowest BCUT2D eigenvalue weighted by Crippen LogP contribution is -2.47. The van der Waals surface area contributed by atoms with Gasteiger partial charge in [0.1, 0.15) is 17.5 Å². The highest BCUT2D eigenvalue weighted by Gasteiger charge is 2.20. The van der Waals surface area contributed by atoms with Crippen molar-refractivity contribution in [3.05, 3.63) is 65.7 Å². The van der Waals surface area contributed by atoms with Crippen LogP contribution in [0, 0.1) is 5.82 Å². The van der Waals surface area contributed by atoms with Gasteiger partial charge in [-0.25, -0.2) is 14.4 Å². The maximum absolute atomic E-state index is 13.3. The number of anilines is 4. The number of rotatable bonds is 4. The van der Waals surface area contributed by atoms with Crippen LogP contribution in [0.4, 0.5) is 27.7 Å². The zero-order chi connectivity index (χ0) is 18.6. The van der Waals surface area contributed by atoms with Crippen molar-refractivity contribution in [2.24, 2.45) is 0 Å². The van der Waals surface area contributed by atoms with Crippen molar-refractivity contribution in [3.63, 3.8) is 0 Å².